The van der Waals surface area contributed by atoms with Crippen LogP contribution in [0.15, 0.2) is 0 Å². The Bertz CT molecular complexity index is 378. The van der Waals surface area contributed by atoms with Crippen molar-refractivity contribution in [1.82, 2.24) is 10.2 Å². The number of hydrogen-bond donors (Lipinski definition) is 1. The number of carbonyl (C=O) groups excluding carboxylic acids is 1. The second-order valence-corrected chi connectivity index (χ2v) is 6.93. The van der Waals surface area contributed by atoms with Gasteiger partial charge < -0.3 is 19.7 Å². The maximum atomic E-state index is 12.5. The SMILES string of the molecule is C[C@H](NC(=O)N1CCC[C@H](C2(C)OCCO2)C1)C1CCC1. The zero-order chi connectivity index (χ0) is 14.9. The van der Waals surface area contributed by atoms with E-state index in [2.05, 4.69) is 12.2 Å². The second-order valence-electron chi connectivity index (χ2n) is 6.93. The zero-order valence-corrected chi connectivity index (χ0v) is 13.3. The Kier molecular flexibility index (Phi) is 4.41. The normalized spacial score (nSPS) is 30.8. The lowest BCUT2D eigenvalue weighted by Crippen LogP contribution is -2.53. The maximum absolute atomic E-state index is 12.5. The number of piperidine rings is 1. The van der Waals surface area contributed by atoms with Gasteiger partial charge in [-0.05, 0) is 45.4 Å². The standard InChI is InChI=1S/C16H28N2O3/c1-12(13-5-3-6-13)17-15(19)18-8-4-7-14(11-18)16(2)20-9-10-21-16/h12-14H,3-11H2,1-2H3,(H,17,19)/t12-,14-/m0/s1. The molecule has 0 aromatic carbocycles. The van der Waals surface area contributed by atoms with Crippen LogP contribution in [0.4, 0.5) is 4.79 Å². The summed E-state index contributed by atoms with van der Waals surface area (Å²) >= 11 is 0. The molecule has 2 aliphatic heterocycles. The quantitative estimate of drug-likeness (QED) is 0.870. The molecule has 5 nitrogen and oxygen atoms in total. The topological polar surface area (TPSA) is 50.8 Å². The summed E-state index contributed by atoms with van der Waals surface area (Å²) in [6.07, 6.45) is 5.91. The maximum Gasteiger partial charge on any atom is 0.317 e. The van der Waals surface area contributed by atoms with Gasteiger partial charge in [0.2, 0.25) is 0 Å². The molecular formula is C16H28N2O3. The molecule has 0 radical (unpaired) electrons. The van der Waals surface area contributed by atoms with E-state index < -0.39 is 5.79 Å². The van der Waals surface area contributed by atoms with Gasteiger partial charge in [0, 0.05) is 25.0 Å². The van der Waals surface area contributed by atoms with Crippen molar-refractivity contribution in [3.63, 3.8) is 0 Å². The van der Waals surface area contributed by atoms with E-state index in [9.17, 15) is 4.79 Å². The Morgan fingerprint density at radius 3 is 2.57 bits per heavy atom. The second kappa shape index (κ2) is 6.13. The van der Waals surface area contributed by atoms with Crippen LogP contribution >= 0.6 is 0 Å². The smallest absolute Gasteiger partial charge is 0.317 e. The van der Waals surface area contributed by atoms with E-state index in [0.29, 0.717) is 25.2 Å². The number of nitrogens with one attached hydrogen (secondary N) is 1. The van der Waals surface area contributed by atoms with Gasteiger partial charge in [0.05, 0.1) is 13.2 Å². The summed E-state index contributed by atoms with van der Waals surface area (Å²) in [5.74, 6) is 0.450. The molecule has 2 saturated heterocycles. The molecule has 3 rings (SSSR count). The molecule has 1 aliphatic carbocycles. The predicted octanol–water partition coefficient (Wildman–Crippen LogP) is 2.36. The summed E-state index contributed by atoms with van der Waals surface area (Å²) in [5.41, 5.74) is 0. The molecule has 0 unspecified atom stereocenters. The third-order valence-corrected chi connectivity index (χ3v) is 5.52. The van der Waals surface area contributed by atoms with E-state index in [1.807, 2.05) is 11.8 Å². The fourth-order valence-corrected chi connectivity index (χ4v) is 3.70. The molecule has 21 heavy (non-hydrogen) atoms. The van der Waals surface area contributed by atoms with Gasteiger partial charge in [-0.2, -0.15) is 0 Å². The minimum absolute atomic E-state index is 0.0840. The number of urea groups is 1. The fourth-order valence-electron chi connectivity index (χ4n) is 3.70. The number of ether oxygens (including phenoxy) is 2. The number of nitrogens with zero attached hydrogens (tertiary/aromatic N) is 1. The van der Waals surface area contributed by atoms with Crippen LogP contribution in [-0.2, 0) is 9.47 Å². The van der Waals surface area contributed by atoms with E-state index in [1.54, 1.807) is 0 Å². The Balaban J connectivity index is 1.53. The van der Waals surface area contributed by atoms with Crippen LogP contribution < -0.4 is 5.32 Å². The van der Waals surface area contributed by atoms with Crippen molar-refractivity contribution in [2.45, 2.75) is 57.8 Å². The molecule has 5 heteroatoms. The first kappa shape index (κ1) is 15.1. The summed E-state index contributed by atoms with van der Waals surface area (Å²) in [7, 11) is 0. The minimum Gasteiger partial charge on any atom is -0.347 e. The zero-order valence-electron chi connectivity index (χ0n) is 13.3. The van der Waals surface area contributed by atoms with Gasteiger partial charge in [-0.3, -0.25) is 0 Å². The average Bonchev–Trinajstić information content (AvgIpc) is 2.85. The lowest BCUT2D eigenvalue weighted by atomic mass is 9.80. The third kappa shape index (κ3) is 3.19. The van der Waals surface area contributed by atoms with Crippen molar-refractivity contribution in [1.29, 1.82) is 0 Å². The van der Waals surface area contributed by atoms with Gasteiger partial charge >= 0.3 is 6.03 Å². The fraction of sp³-hybridized carbons (Fsp3) is 0.938. The van der Waals surface area contributed by atoms with Crippen LogP contribution in [0.2, 0.25) is 0 Å². The Hall–Kier alpha value is -0.810. The van der Waals surface area contributed by atoms with Crippen LogP contribution in [-0.4, -0.2) is 49.1 Å². The molecule has 0 aromatic rings. The molecule has 2 amide bonds. The molecule has 3 fully saturated rings. The Morgan fingerprint density at radius 1 is 1.24 bits per heavy atom. The van der Waals surface area contributed by atoms with Gasteiger partial charge in [-0.25, -0.2) is 4.79 Å². The van der Waals surface area contributed by atoms with Gasteiger partial charge in [0.1, 0.15) is 0 Å². The van der Waals surface area contributed by atoms with Crippen molar-refractivity contribution < 1.29 is 14.3 Å². The Labute approximate surface area is 127 Å². The number of rotatable bonds is 3. The first-order chi connectivity index (χ1) is 10.1. The summed E-state index contributed by atoms with van der Waals surface area (Å²) in [4.78, 5) is 14.4. The predicted molar refractivity (Wildman–Crippen MR) is 79.9 cm³/mol. The summed E-state index contributed by atoms with van der Waals surface area (Å²) < 4.78 is 11.5. The highest BCUT2D eigenvalue weighted by Gasteiger charge is 2.42. The molecule has 0 aromatic heterocycles. The Morgan fingerprint density at radius 2 is 1.95 bits per heavy atom. The summed E-state index contributed by atoms with van der Waals surface area (Å²) in [6.45, 7) is 7.06. The number of carbonyl (C=O) groups is 1. The van der Waals surface area contributed by atoms with E-state index >= 15 is 0 Å². The summed E-state index contributed by atoms with van der Waals surface area (Å²) in [6, 6.07) is 0.377. The summed E-state index contributed by atoms with van der Waals surface area (Å²) in [5, 5.41) is 3.18. The van der Waals surface area contributed by atoms with Crippen molar-refractivity contribution in [2.75, 3.05) is 26.3 Å². The average molecular weight is 296 g/mol. The molecule has 1 saturated carbocycles. The first-order valence-corrected chi connectivity index (χ1v) is 8.42. The lowest BCUT2D eigenvalue weighted by Gasteiger charge is -2.41. The molecule has 0 spiro atoms. The van der Waals surface area contributed by atoms with Gasteiger partial charge in [-0.1, -0.05) is 6.42 Å². The van der Waals surface area contributed by atoms with Crippen molar-refractivity contribution >= 4 is 6.03 Å². The van der Waals surface area contributed by atoms with E-state index in [1.165, 1.54) is 19.3 Å². The highest BCUT2D eigenvalue weighted by atomic mass is 16.7. The van der Waals surface area contributed by atoms with Crippen LogP contribution in [0.5, 0.6) is 0 Å². The molecular weight excluding hydrogens is 268 g/mol. The monoisotopic (exact) mass is 296 g/mol. The van der Waals surface area contributed by atoms with Gasteiger partial charge in [-0.15, -0.1) is 0 Å². The van der Waals surface area contributed by atoms with Crippen molar-refractivity contribution in [3.8, 4) is 0 Å². The first-order valence-electron chi connectivity index (χ1n) is 8.42. The molecule has 3 aliphatic rings. The molecule has 1 N–H and O–H groups in total. The van der Waals surface area contributed by atoms with Crippen LogP contribution in [0.3, 0.4) is 0 Å². The van der Waals surface area contributed by atoms with Crippen LogP contribution in [0, 0.1) is 11.8 Å². The molecule has 0 bridgehead atoms. The van der Waals surface area contributed by atoms with E-state index in [4.69, 9.17) is 9.47 Å². The van der Waals surface area contributed by atoms with Crippen LogP contribution in [0.1, 0.15) is 46.0 Å². The number of likely N-dealkylation sites (tertiary alicyclic amines) is 1. The number of amides is 2. The highest BCUT2D eigenvalue weighted by molar-refractivity contribution is 5.74. The van der Waals surface area contributed by atoms with E-state index in [-0.39, 0.29) is 11.9 Å². The number of hydrogen-bond acceptors (Lipinski definition) is 3. The van der Waals surface area contributed by atoms with Crippen LogP contribution in [0.25, 0.3) is 0 Å². The van der Waals surface area contributed by atoms with Crippen molar-refractivity contribution in [3.05, 3.63) is 0 Å². The van der Waals surface area contributed by atoms with Gasteiger partial charge in [0.25, 0.3) is 0 Å². The van der Waals surface area contributed by atoms with Crippen molar-refractivity contribution in [2.24, 2.45) is 11.8 Å². The van der Waals surface area contributed by atoms with Gasteiger partial charge in [0.15, 0.2) is 5.79 Å². The largest absolute Gasteiger partial charge is 0.347 e. The molecule has 120 valence electrons. The third-order valence-electron chi connectivity index (χ3n) is 5.52. The lowest BCUT2D eigenvalue weighted by molar-refractivity contribution is -0.189. The molecule has 2 heterocycles. The van der Waals surface area contributed by atoms with E-state index in [0.717, 1.165) is 25.9 Å². The minimum atomic E-state index is -0.501. The molecule has 2 atom stereocenters. The highest BCUT2D eigenvalue weighted by Crippen LogP contribution is 2.34.